The first-order valence-corrected chi connectivity index (χ1v) is 9.18. The predicted octanol–water partition coefficient (Wildman–Crippen LogP) is 5.90. The van der Waals surface area contributed by atoms with Gasteiger partial charge in [0.1, 0.15) is 5.69 Å². The maximum atomic E-state index is 5.54. The Morgan fingerprint density at radius 3 is 2.52 bits per heavy atom. The van der Waals surface area contributed by atoms with Crippen LogP contribution in [-0.4, -0.2) is 5.16 Å². The van der Waals surface area contributed by atoms with Crippen molar-refractivity contribution in [2.45, 2.75) is 19.0 Å². The summed E-state index contributed by atoms with van der Waals surface area (Å²) in [5.41, 5.74) is 5.25. The molecule has 3 aromatic carbocycles. The molecule has 1 heterocycles. The largest absolute Gasteiger partial charge is 0.356 e. The van der Waals surface area contributed by atoms with Crippen LogP contribution in [0.3, 0.4) is 0 Å². The summed E-state index contributed by atoms with van der Waals surface area (Å²) in [5, 5.41) is 9.07. The van der Waals surface area contributed by atoms with Crippen molar-refractivity contribution in [3.8, 4) is 11.3 Å². The molecular formula is C24H22N2O. The first-order chi connectivity index (χ1) is 13.4. The van der Waals surface area contributed by atoms with E-state index in [0.717, 1.165) is 35.2 Å². The van der Waals surface area contributed by atoms with Gasteiger partial charge in [-0.1, -0.05) is 78.0 Å². The van der Waals surface area contributed by atoms with Crippen LogP contribution in [0, 0.1) is 0 Å². The zero-order valence-electron chi connectivity index (χ0n) is 15.1. The number of hydrogen-bond acceptors (Lipinski definition) is 3. The fourth-order valence-corrected chi connectivity index (χ4v) is 3.42. The molecule has 134 valence electrons. The standard InChI is InChI=1S/C24H22N2O/c1-2-10-22(25-17-18-11-4-3-5-12-18)19-13-6-7-14-20(19)24-21-15-8-9-16-23(21)27-26-24/h2-9,11-16,22,25H,1,10,17H2. The van der Waals surface area contributed by atoms with E-state index in [1.54, 1.807) is 0 Å². The third-order valence-corrected chi connectivity index (χ3v) is 4.77. The van der Waals surface area contributed by atoms with Crippen LogP contribution in [0.2, 0.25) is 0 Å². The Balaban J connectivity index is 1.70. The molecule has 0 radical (unpaired) electrons. The number of aromatic nitrogens is 1. The lowest BCUT2D eigenvalue weighted by Gasteiger charge is -2.20. The van der Waals surface area contributed by atoms with Crippen LogP contribution < -0.4 is 5.32 Å². The van der Waals surface area contributed by atoms with E-state index in [2.05, 4.69) is 65.6 Å². The van der Waals surface area contributed by atoms with Gasteiger partial charge in [-0.3, -0.25) is 0 Å². The van der Waals surface area contributed by atoms with Crippen LogP contribution in [0.25, 0.3) is 22.2 Å². The summed E-state index contributed by atoms with van der Waals surface area (Å²) >= 11 is 0. The molecule has 0 amide bonds. The Labute approximate surface area is 159 Å². The van der Waals surface area contributed by atoms with Crippen LogP contribution in [0.5, 0.6) is 0 Å². The number of benzene rings is 3. The van der Waals surface area contributed by atoms with Gasteiger partial charge in [0.25, 0.3) is 0 Å². The molecule has 1 aromatic heterocycles. The van der Waals surface area contributed by atoms with Crippen molar-refractivity contribution < 1.29 is 4.52 Å². The summed E-state index contributed by atoms with van der Waals surface area (Å²) in [6, 6.07) is 26.9. The molecule has 0 saturated heterocycles. The molecule has 0 saturated carbocycles. The minimum Gasteiger partial charge on any atom is -0.356 e. The fraction of sp³-hybridized carbons (Fsp3) is 0.125. The molecule has 3 nitrogen and oxygen atoms in total. The highest BCUT2D eigenvalue weighted by Crippen LogP contribution is 2.34. The first kappa shape index (κ1) is 17.3. The minimum atomic E-state index is 0.148. The average molecular weight is 354 g/mol. The van der Waals surface area contributed by atoms with Crippen LogP contribution in [0.4, 0.5) is 0 Å². The number of para-hydroxylation sites is 1. The Bertz CT molecular complexity index is 1040. The number of nitrogens with one attached hydrogen (secondary N) is 1. The van der Waals surface area contributed by atoms with E-state index in [1.807, 2.05) is 36.4 Å². The van der Waals surface area contributed by atoms with Crippen molar-refractivity contribution in [1.29, 1.82) is 0 Å². The van der Waals surface area contributed by atoms with Gasteiger partial charge in [-0.15, -0.1) is 6.58 Å². The summed E-state index contributed by atoms with van der Waals surface area (Å²) in [6.45, 7) is 4.75. The lowest BCUT2D eigenvalue weighted by Crippen LogP contribution is -2.21. The van der Waals surface area contributed by atoms with Crippen LogP contribution in [0.1, 0.15) is 23.6 Å². The molecule has 0 spiro atoms. The van der Waals surface area contributed by atoms with Crippen molar-refractivity contribution >= 4 is 11.0 Å². The number of nitrogens with zero attached hydrogens (tertiary/aromatic N) is 1. The van der Waals surface area contributed by atoms with Gasteiger partial charge in [-0.2, -0.15) is 0 Å². The van der Waals surface area contributed by atoms with Gasteiger partial charge in [0.05, 0.1) is 0 Å². The van der Waals surface area contributed by atoms with Crippen molar-refractivity contribution in [2.24, 2.45) is 0 Å². The molecule has 0 fully saturated rings. The quantitative estimate of drug-likeness (QED) is 0.420. The van der Waals surface area contributed by atoms with E-state index in [0.29, 0.717) is 0 Å². The molecule has 0 aliphatic carbocycles. The molecule has 4 aromatic rings. The summed E-state index contributed by atoms with van der Waals surface area (Å²) < 4.78 is 5.54. The van der Waals surface area contributed by atoms with Crippen LogP contribution >= 0.6 is 0 Å². The molecular weight excluding hydrogens is 332 g/mol. The summed E-state index contributed by atoms with van der Waals surface area (Å²) in [6.07, 6.45) is 2.79. The van der Waals surface area contributed by atoms with Crippen LogP contribution in [-0.2, 0) is 6.54 Å². The lowest BCUT2D eigenvalue weighted by molar-refractivity contribution is 0.459. The molecule has 3 heteroatoms. The summed E-state index contributed by atoms with van der Waals surface area (Å²) in [5.74, 6) is 0. The SMILES string of the molecule is C=CCC(NCc1ccccc1)c1ccccc1-c1noc2ccccc12. The van der Waals surface area contributed by atoms with Crippen molar-refractivity contribution in [2.75, 3.05) is 0 Å². The van der Waals surface area contributed by atoms with Crippen molar-refractivity contribution in [3.63, 3.8) is 0 Å². The molecule has 0 aliphatic rings. The van der Waals surface area contributed by atoms with Gasteiger partial charge in [-0.25, -0.2) is 0 Å². The van der Waals surface area contributed by atoms with Crippen molar-refractivity contribution in [3.05, 3.63) is 103 Å². The Kier molecular flexibility index (Phi) is 5.13. The lowest BCUT2D eigenvalue weighted by atomic mass is 9.94. The van der Waals surface area contributed by atoms with Gasteiger partial charge in [0, 0.05) is 23.5 Å². The van der Waals surface area contributed by atoms with Gasteiger partial charge >= 0.3 is 0 Å². The highest BCUT2D eigenvalue weighted by atomic mass is 16.5. The van der Waals surface area contributed by atoms with Gasteiger partial charge in [-0.05, 0) is 29.7 Å². The highest BCUT2D eigenvalue weighted by Gasteiger charge is 2.18. The normalized spacial score (nSPS) is 12.1. The summed E-state index contributed by atoms with van der Waals surface area (Å²) in [4.78, 5) is 0. The topological polar surface area (TPSA) is 38.1 Å². The molecule has 0 bridgehead atoms. The van der Waals surface area contributed by atoms with E-state index >= 15 is 0 Å². The molecule has 1 N–H and O–H groups in total. The molecule has 1 unspecified atom stereocenters. The van der Waals surface area contributed by atoms with E-state index < -0.39 is 0 Å². The monoisotopic (exact) mass is 354 g/mol. The Hall–Kier alpha value is -3.17. The maximum absolute atomic E-state index is 5.54. The highest BCUT2D eigenvalue weighted by molar-refractivity contribution is 5.92. The number of rotatable bonds is 7. The maximum Gasteiger partial charge on any atom is 0.167 e. The van der Waals surface area contributed by atoms with E-state index in [9.17, 15) is 0 Å². The molecule has 4 rings (SSSR count). The van der Waals surface area contributed by atoms with Crippen molar-refractivity contribution in [1.82, 2.24) is 10.5 Å². The second-order valence-electron chi connectivity index (χ2n) is 6.56. The third kappa shape index (κ3) is 3.69. The second kappa shape index (κ2) is 8.02. The fourth-order valence-electron chi connectivity index (χ4n) is 3.42. The van der Waals surface area contributed by atoms with Gasteiger partial charge in [0.2, 0.25) is 0 Å². The Morgan fingerprint density at radius 2 is 1.67 bits per heavy atom. The first-order valence-electron chi connectivity index (χ1n) is 9.18. The van der Waals surface area contributed by atoms with E-state index in [4.69, 9.17) is 4.52 Å². The van der Waals surface area contributed by atoms with E-state index in [-0.39, 0.29) is 6.04 Å². The third-order valence-electron chi connectivity index (χ3n) is 4.77. The van der Waals surface area contributed by atoms with Crippen LogP contribution in [0.15, 0.2) is 96.0 Å². The van der Waals surface area contributed by atoms with Gasteiger partial charge in [0.15, 0.2) is 5.58 Å². The van der Waals surface area contributed by atoms with Gasteiger partial charge < -0.3 is 9.84 Å². The predicted molar refractivity (Wildman–Crippen MR) is 110 cm³/mol. The zero-order chi connectivity index (χ0) is 18.5. The number of fused-ring (bicyclic) bond motifs is 1. The average Bonchev–Trinajstić information content (AvgIpc) is 3.16. The smallest absolute Gasteiger partial charge is 0.167 e. The van der Waals surface area contributed by atoms with E-state index in [1.165, 1.54) is 11.1 Å². The number of hydrogen-bond donors (Lipinski definition) is 1. The second-order valence-corrected chi connectivity index (χ2v) is 6.56. The zero-order valence-corrected chi connectivity index (χ0v) is 15.1. The molecule has 0 aliphatic heterocycles. The Morgan fingerprint density at radius 1 is 0.926 bits per heavy atom. The molecule has 1 atom stereocenters. The summed E-state index contributed by atoms with van der Waals surface area (Å²) in [7, 11) is 0. The molecule has 27 heavy (non-hydrogen) atoms. The minimum absolute atomic E-state index is 0.148.